The van der Waals surface area contributed by atoms with Crippen molar-refractivity contribution < 1.29 is 22.8 Å². The first kappa shape index (κ1) is 32.7. The molecule has 3 aromatic rings. The molecule has 2 aliphatic heterocycles. The molecular weight excluding hydrogens is 637 g/mol. The summed E-state index contributed by atoms with van der Waals surface area (Å²) in [6, 6.07) is 9.47. The molecule has 1 aromatic heterocycles. The fourth-order valence-electron chi connectivity index (χ4n) is 5.83. The van der Waals surface area contributed by atoms with Crippen LogP contribution in [0.2, 0.25) is 10.0 Å². The second kappa shape index (κ2) is 13.4. The predicted molar refractivity (Wildman–Crippen MR) is 176 cm³/mol. The Balaban J connectivity index is 1.29. The standard InChI is InChI=1S/C32H35Cl2N5O5S/c1-18-23(15-31(41)35-10-12-39-11-9-21(16-39)37-20(3)40)19(2)36-30(18)14-25-24-13-22(7-8-29(24)38-32(25)42)45(43,44)17-26-27(33)5-4-6-28(26)34/h4-8,13-14,21,36H,9-12,15-17H2,1-3H3,(H,35,41)(H,37,40)(H,38,42). The lowest BCUT2D eigenvalue weighted by Gasteiger charge is -2.16. The largest absolute Gasteiger partial charge is 0.359 e. The summed E-state index contributed by atoms with van der Waals surface area (Å²) in [4.78, 5) is 42.6. The molecule has 1 fully saturated rings. The minimum absolute atomic E-state index is 0.0341. The van der Waals surface area contributed by atoms with E-state index in [0.717, 1.165) is 36.3 Å². The molecule has 0 saturated carbocycles. The molecule has 1 unspecified atom stereocenters. The normalized spacial score (nSPS) is 17.4. The first-order valence-corrected chi connectivity index (χ1v) is 17.0. The second-order valence-corrected chi connectivity index (χ2v) is 14.3. The Hall–Kier alpha value is -3.64. The molecule has 13 heteroatoms. The predicted octanol–water partition coefficient (Wildman–Crippen LogP) is 4.27. The van der Waals surface area contributed by atoms with Crippen molar-refractivity contribution in [2.45, 2.75) is 50.3 Å². The number of halogens is 2. The maximum absolute atomic E-state index is 13.4. The molecule has 2 aromatic carbocycles. The summed E-state index contributed by atoms with van der Waals surface area (Å²) in [7, 11) is -3.85. The van der Waals surface area contributed by atoms with Gasteiger partial charge in [-0.1, -0.05) is 29.3 Å². The van der Waals surface area contributed by atoms with E-state index in [2.05, 4.69) is 25.8 Å². The molecule has 0 aliphatic carbocycles. The average Bonchev–Trinajstić information content (AvgIpc) is 3.62. The van der Waals surface area contributed by atoms with Crippen LogP contribution in [0.5, 0.6) is 0 Å². The highest BCUT2D eigenvalue weighted by Crippen LogP contribution is 2.37. The number of amides is 3. The number of nitrogens with zero attached hydrogens (tertiary/aromatic N) is 1. The number of carbonyl (C=O) groups excluding carboxylic acids is 3. The van der Waals surface area contributed by atoms with Gasteiger partial charge >= 0.3 is 0 Å². The Kier molecular flexibility index (Phi) is 9.74. The third-order valence-electron chi connectivity index (χ3n) is 8.22. The third kappa shape index (κ3) is 7.44. The zero-order valence-corrected chi connectivity index (χ0v) is 27.5. The maximum atomic E-state index is 13.4. The highest BCUT2D eigenvalue weighted by atomic mass is 35.5. The molecule has 0 radical (unpaired) electrons. The first-order valence-electron chi connectivity index (χ1n) is 14.6. The summed E-state index contributed by atoms with van der Waals surface area (Å²) in [6.07, 6.45) is 2.75. The number of aromatic nitrogens is 1. The number of nitrogens with one attached hydrogen (secondary N) is 4. The summed E-state index contributed by atoms with van der Waals surface area (Å²) in [5.74, 6) is -0.898. The Bertz CT molecular complexity index is 1800. The lowest BCUT2D eigenvalue weighted by atomic mass is 10.0. The van der Waals surface area contributed by atoms with Gasteiger partial charge in [-0.15, -0.1) is 0 Å². The van der Waals surface area contributed by atoms with Crippen LogP contribution >= 0.6 is 23.2 Å². The van der Waals surface area contributed by atoms with Crippen LogP contribution in [0.4, 0.5) is 5.69 Å². The number of aromatic amines is 1. The summed E-state index contributed by atoms with van der Waals surface area (Å²) >= 11 is 12.5. The minimum atomic E-state index is -3.85. The lowest BCUT2D eigenvalue weighted by Crippen LogP contribution is -2.38. The van der Waals surface area contributed by atoms with E-state index in [9.17, 15) is 22.8 Å². The van der Waals surface area contributed by atoms with Gasteiger partial charge in [-0.25, -0.2) is 8.42 Å². The van der Waals surface area contributed by atoms with Gasteiger partial charge in [0.2, 0.25) is 11.8 Å². The van der Waals surface area contributed by atoms with Crippen molar-refractivity contribution in [3.63, 3.8) is 0 Å². The Morgan fingerprint density at radius 3 is 2.56 bits per heavy atom. The monoisotopic (exact) mass is 671 g/mol. The average molecular weight is 673 g/mol. The summed E-state index contributed by atoms with van der Waals surface area (Å²) < 4.78 is 26.7. The van der Waals surface area contributed by atoms with E-state index in [1.165, 1.54) is 19.1 Å². The highest BCUT2D eigenvalue weighted by molar-refractivity contribution is 7.90. The molecule has 0 bridgehead atoms. The molecule has 4 N–H and O–H groups in total. The topological polar surface area (TPSA) is 140 Å². The van der Waals surface area contributed by atoms with Crippen molar-refractivity contribution in [3.8, 4) is 0 Å². The van der Waals surface area contributed by atoms with E-state index in [0.29, 0.717) is 41.2 Å². The van der Waals surface area contributed by atoms with E-state index < -0.39 is 9.84 Å². The quantitative estimate of drug-likeness (QED) is 0.237. The van der Waals surface area contributed by atoms with E-state index >= 15 is 0 Å². The van der Waals surface area contributed by atoms with Crippen molar-refractivity contribution in [2.24, 2.45) is 0 Å². The van der Waals surface area contributed by atoms with Gasteiger partial charge in [-0.2, -0.15) is 0 Å². The number of hydrogen-bond donors (Lipinski definition) is 4. The zero-order valence-electron chi connectivity index (χ0n) is 25.2. The van der Waals surface area contributed by atoms with E-state index in [1.807, 2.05) is 13.8 Å². The molecule has 5 rings (SSSR count). The number of H-pyrrole nitrogens is 1. The van der Waals surface area contributed by atoms with E-state index in [1.54, 1.807) is 30.3 Å². The highest BCUT2D eigenvalue weighted by Gasteiger charge is 2.28. The molecule has 3 heterocycles. The van der Waals surface area contributed by atoms with Gasteiger partial charge in [0.1, 0.15) is 0 Å². The van der Waals surface area contributed by atoms with Crippen molar-refractivity contribution >= 4 is 68.1 Å². The van der Waals surface area contributed by atoms with Crippen LogP contribution in [0.3, 0.4) is 0 Å². The van der Waals surface area contributed by atoms with Crippen LogP contribution in [0.25, 0.3) is 11.6 Å². The van der Waals surface area contributed by atoms with Gasteiger partial charge in [0, 0.05) is 77.4 Å². The van der Waals surface area contributed by atoms with Crippen molar-refractivity contribution in [1.29, 1.82) is 0 Å². The molecule has 10 nitrogen and oxygen atoms in total. The number of rotatable bonds is 10. The number of carbonyl (C=O) groups is 3. The number of hydrogen-bond acceptors (Lipinski definition) is 6. The number of aryl methyl sites for hydroxylation is 1. The molecule has 1 saturated heterocycles. The number of sulfone groups is 1. The summed E-state index contributed by atoms with van der Waals surface area (Å²) in [6.45, 7) is 8.10. The zero-order chi connectivity index (χ0) is 32.5. The van der Waals surface area contributed by atoms with Gasteiger partial charge in [-0.3, -0.25) is 19.3 Å². The fourth-order valence-corrected chi connectivity index (χ4v) is 7.95. The fraction of sp³-hybridized carbons (Fsp3) is 0.344. The van der Waals surface area contributed by atoms with Crippen LogP contribution < -0.4 is 16.0 Å². The van der Waals surface area contributed by atoms with Crippen molar-refractivity contribution in [3.05, 3.63) is 80.1 Å². The van der Waals surface area contributed by atoms with Crippen molar-refractivity contribution in [2.75, 3.05) is 31.5 Å². The van der Waals surface area contributed by atoms with Crippen molar-refractivity contribution in [1.82, 2.24) is 20.5 Å². The van der Waals surface area contributed by atoms with E-state index in [4.69, 9.17) is 23.2 Å². The van der Waals surface area contributed by atoms with Crippen LogP contribution in [0.15, 0.2) is 41.3 Å². The van der Waals surface area contributed by atoms with Gasteiger partial charge < -0.3 is 20.9 Å². The lowest BCUT2D eigenvalue weighted by molar-refractivity contribution is -0.120. The van der Waals surface area contributed by atoms with Gasteiger partial charge in [0.15, 0.2) is 9.84 Å². The molecular formula is C32H35Cl2N5O5S. The Morgan fingerprint density at radius 1 is 1.11 bits per heavy atom. The number of likely N-dealkylation sites (tertiary alicyclic amines) is 1. The van der Waals surface area contributed by atoms with Gasteiger partial charge in [0.05, 0.1) is 22.6 Å². The smallest absolute Gasteiger partial charge is 0.256 e. The Morgan fingerprint density at radius 2 is 1.84 bits per heavy atom. The number of anilines is 1. The Labute approximate surface area is 272 Å². The first-order chi connectivity index (χ1) is 21.3. The SMILES string of the molecule is CC(=O)NC1CCN(CCNC(=O)Cc2c(C)[nH]c(C=C3C(=O)Nc4ccc(S(=O)(=O)Cc5c(Cl)cccc5Cl)cc43)c2C)C1. The van der Waals surface area contributed by atoms with Crippen LogP contribution in [0.1, 0.15) is 47.0 Å². The van der Waals surface area contributed by atoms with Crippen LogP contribution in [-0.2, 0) is 36.4 Å². The van der Waals surface area contributed by atoms with Gasteiger partial charge in [0.25, 0.3) is 5.91 Å². The van der Waals surface area contributed by atoms with Gasteiger partial charge in [-0.05, 0) is 67.8 Å². The molecule has 45 heavy (non-hydrogen) atoms. The molecule has 0 spiro atoms. The number of benzene rings is 2. The number of fused-ring (bicyclic) bond motifs is 1. The molecule has 2 aliphatic rings. The van der Waals surface area contributed by atoms with E-state index in [-0.39, 0.29) is 50.9 Å². The van der Waals surface area contributed by atoms with Crippen LogP contribution in [0, 0.1) is 13.8 Å². The maximum Gasteiger partial charge on any atom is 0.256 e. The third-order valence-corrected chi connectivity index (χ3v) is 10.6. The summed E-state index contributed by atoms with van der Waals surface area (Å²) in [5.41, 5.74) is 4.70. The molecule has 3 amide bonds. The second-order valence-electron chi connectivity index (χ2n) is 11.5. The summed E-state index contributed by atoms with van der Waals surface area (Å²) in [5, 5.41) is 9.24. The minimum Gasteiger partial charge on any atom is -0.359 e. The molecule has 238 valence electrons. The van der Waals surface area contributed by atoms with Crippen LogP contribution in [-0.4, -0.2) is 68.2 Å². The molecule has 1 atom stereocenters.